The molecule has 8 nitrogen and oxygen atoms in total. The Morgan fingerprint density at radius 2 is 1.89 bits per heavy atom. The molecule has 1 aliphatic rings. The second-order valence-corrected chi connectivity index (χ2v) is 9.12. The van der Waals surface area contributed by atoms with E-state index < -0.39 is 22.8 Å². The molecular formula is C27H30FN4NaO4. The van der Waals surface area contributed by atoms with E-state index in [1.165, 1.54) is 16.7 Å². The Kier molecular flexibility index (Phi) is 10.3. The predicted octanol–water partition coefficient (Wildman–Crippen LogP) is -0.254. The van der Waals surface area contributed by atoms with E-state index in [-0.39, 0.29) is 53.3 Å². The number of carbonyl (C=O) groups is 2. The monoisotopic (exact) mass is 516 g/mol. The Morgan fingerprint density at radius 3 is 2.57 bits per heavy atom. The van der Waals surface area contributed by atoms with Gasteiger partial charge in [-0.2, -0.15) is 0 Å². The zero-order chi connectivity index (χ0) is 25.7. The smallest absolute Gasteiger partial charge is 0.870 e. The number of unbranched alkanes of at least 4 members (excludes halogenated alkanes) is 1. The van der Waals surface area contributed by atoms with Crippen molar-refractivity contribution >= 4 is 22.8 Å². The summed E-state index contributed by atoms with van der Waals surface area (Å²) in [5, 5.41) is 15.8. The van der Waals surface area contributed by atoms with E-state index in [1.54, 1.807) is 29.3 Å². The number of hydrogen-bond acceptors (Lipinski definition) is 5. The Balaban J connectivity index is 0.00000380. The molecule has 10 heteroatoms. The van der Waals surface area contributed by atoms with Crippen molar-refractivity contribution in [1.29, 1.82) is 0 Å². The zero-order valence-corrected chi connectivity index (χ0v) is 23.4. The topological polar surface area (TPSA) is 107 Å². The second-order valence-electron chi connectivity index (χ2n) is 9.12. The molecule has 2 aromatic heterocycles. The summed E-state index contributed by atoms with van der Waals surface area (Å²) in [6, 6.07) is 7.86. The summed E-state index contributed by atoms with van der Waals surface area (Å²) in [5.41, 5.74) is 1.04. The van der Waals surface area contributed by atoms with Gasteiger partial charge in [-0.1, -0.05) is 31.2 Å². The van der Waals surface area contributed by atoms with Crippen LogP contribution in [-0.2, 0) is 17.8 Å². The summed E-state index contributed by atoms with van der Waals surface area (Å²) < 4.78 is 14.7. The van der Waals surface area contributed by atoms with E-state index in [0.29, 0.717) is 44.3 Å². The number of fused-ring (bicyclic) bond motifs is 1. The number of aromatic nitrogens is 2. The number of benzene rings is 1. The third-order valence-corrected chi connectivity index (χ3v) is 6.46. The fourth-order valence-electron chi connectivity index (χ4n) is 4.51. The van der Waals surface area contributed by atoms with Crippen molar-refractivity contribution < 1.29 is 48.6 Å². The van der Waals surface area contributed by atoms with E-state index in [1.807, 2.05) is 6.92 Å². The number of pyridine rings is 2. The molecule has 0 saturated carbocycles. The number of halogens is 1. The fourth-order valence-corrected chi connectivity index (χ4v) is 4.51. The predicted molar refractivity (Wildman–Crippen MR) is 132 cm³/mol. The molecule has 0 bridgehead atoms. The largest absolute Gasteiger partial charge is 1.00 e. The number of likely N-dealkylation sites (tertiary alicyclic amines) is 1. The third-order valence-electron chi connectivity index (χ3n) is 6.46. The molecule has 4 rings (SSSR count). The molecule has 190 valence electrons. The van der Waals surface area contributed by atoms with E-state index in [4.69, 9.17) is 0 Å². The van der Waals surface area contributed by atoms with E-state index in [9.17, 15) is 23.9 Å². The molecule has 3 heterocycles. The minimum atomic E-state index is -0.720. The standard InChI is InChI=1S/C27H31FN4O4.Na/c1-2-3-14-32-21-16-19(15-18-7-9-20(28)10-8-18)17-30-24(21)25(34)23(27(32)36)26(35)29-11-5-13-31-12-4-6-22(31)33;/h7-10,16-17,34H,2-6,11-15H2,1H3,(H,29,35);/q;+1/p-1. The van der Waals surface area contributed by atoms with Crippen molar-refractivity contribution in [2.45, 2.75) is 52.0 Å². The van der Waals surface area contributed by atoms with Gasteiger partial charge in [0.1, 0.15) is 5.82 Å². The molecule has 2 amide bonds. The maximum absolute atomic E-state index is 13.3. The average molecular weight is 517 g/mol. The number of rotatable bonds is 10. The minimum Gasteiger partial charge on any atom is -0.870 e. The van der Waals surface area contributed by atoms with Gasteiger partial charge in [-0.15, -0.1) is 0 Å². The van der Waals surface area contributed by atoms with Crippen LogP contribution in [-0.4, -0.2) is 45.9 Å². The summed E-state index contributed by atoms with van der Waals surface area (Å²) in [4.78, 5) is 44.0. The van der Waals surface area contributed by atoms with Crippen LogP contribution in [0.3, 0.4) is 0 Å². The van der Waals surface area contributed by atoms with Crippen LogP contribution in [0.2, 0.25) is 0 Å². The Bertz CT molecular complexity index is 1330. The first-order valence-corrected chi connectivity index (χ1v) is 12.4. The van der Waals surface area contributed by atoms with Crippen LogP contribution in [0.5, 0.6) is 5.75 Å². The summed E-state index contributed by atoms with van der Waals surface area (Å²) in [5.74, 6) is -1.62. The zero-order valence-electron chi connectivity index (χ0n) is 21.4. The molecule has 1 aliphatic heterocycles. The number of nitrogens with zero attached hydrogens (tertiary/aromatic N) is 3. The van der Waals surface area contributed by atoms with Gasteiger partial charge in [0.25, 0.3) is 11.5 Å². The summed E-state index contributed by atoms with van der Waals surface area (Å²) in [7, 11) is 0. The Labute approximate surface area is 237 Å². The Morgan fingerprint density at radius 1 is 1.14 bits per heavy atom. The Hall–Kier alpha value is -2.75. The van der Waals surface area contributed by atoms with Crippen LogP contribution in [0.25, 0.3) is 11.0 Å². The molecule has 1 saturated heterocycles. The van der Waals surface area contributed by atoms with Gasteiger partial charge in [-0.05, 0) is 55.0 Å². The van der Waals surface area contributed by atoms with Crippen molar-refractivity contribution in [3.05, 3.63) is 69.4 Å². The molecule has 1 fully saturated rings. The molecule has 3 aromatic rings. The molecule has 1 N–H and O–H groups in total. The molecular weight excluding hydrogens is 486 g/mol. The molecule has 0 atom stereocenters. The first-order valence-electron chi connectivity index (χ1n) is 12.4. The van der Waals surface area contributed by atoms with Crippen LogP contribution in [0.1, 0.15) is 60.5 Å². The van der Waals surface area contributed by atoms with Crippen LogP contribution < -0.4 is 45.5 Å². The number of carbonyl (C=O) groups excluding carboxylic acids is 2. The van der Waals surface area contributed by atoms with Gasteiger partial charge in [-0.3, -0.25) is 19.4 Å². The van der Waals surface area contributed by atoms with Gasteiger partial charge in [-0.25, -0.2) is 4.39 Å². The normalized spacial score (nSPS) is 13.1. The van der Waals surface area contributed by atoms with Gasteiger partial charge >= 0.3 is 29.6 Å². The maximum atomic E-state index is 13.3. The summed E-state index contributed by atoms with van der Waals surface area (Å²) >= 11 is 0. The fraction of sp³-hybridized carbons (Fsp3) is 0.407. The molecule has 0 aliphatic carbocycles. The number of aryl methyl sites for hydroxylation is 1. The number of amides is 2. The number of nitrogens with one attached hydrogen (secondary N) is 1. The van der Waals surface area contributed by atoms with Crippen LogP contribution >= 0.6 is 0 Å². The van der Waals surface area contributed by atoms with Crippen molar-refractivity contribution in [2.75, 3.05) is 19.6 Å². The summed E-state index contributed by atoms with van der Waals surface area (Å²) in [6.45, 7) is 3.84. The first-order chi connectivity index (χ1) is 17.4. The minimum absolute atomic E-state index is 0. The van der Waals surface area contributed by atoms with Crippen LogP contribution in [0, 0.1) is 5.82 Å². The second kappa shape index (κ2) is 13.2. The van der Waals surface area contributed by atoms with Gasteiger partial charge in [0.2, 0.25) is 5.91 Å². The molecule has 0 unspecified atom stereocenters. The maximum Gasteiger partial charge on any atom is 1.00 e. The first kappa shape index (κ1) is 28.8. The van der Waals surface area contributed by atoms with Crippen LogP contribution in [0.15, 0.2) is 41.3 Å². The summed E-state index contributed by atoms with van der Waals surface area (Å²) in [6.07, 6.45) is 5.47. The van der Waals surface area contributed by atoms with Gasteiger partial charge in [0, 0.05) is 38.8 Å². The van der Waals surface area contributed by atoms with E-state index in [0.717, 1.165) is 30.5 Å². The van der Waals surface area contributed by atoms with Crippen molar-refractivity contribution in [2.24, 2.45) is 0 Å². The average Bonchev–Trinajstić information content (AvgIpc) is 3.27. The van der Waals surface area contributed by atoms with Crippen molar-refractivity contribution in [3.8, 4) is 5.75 Å². The van der Waals surface area contributed by atoms with Gasteiger partial charge < -0.3 is 19.9 Å². The molecule has 37 heavy (non-hydrogen) atoms. The molecule has 0 spiro atoms. The molecule has 0 radical (unpaired) electrons. The van der Waals surface area contributed by atoms with Crippen molar-refractivity contribution in [3.63, 3.8) is 0 Å². The van der Waals surface area contributed by atoms with Crippen molar-refractivity contribution in [1.82, 2.24) is 19.8 Å². The quantitative estimate of drug-likeness (QED) is 0.295. The van der Waals surface area contributed by atoms with Crippen LogP contribution in [0.4, 0.5) is 4.39 Å². The molecule has 1 aromatic carbocycles. The van der Waals surface area contributed by atoms with E-state index >= 15 is 0 Å². The van der Waals surface area contributed by atoms with Gasteiger partial charge in [0.05, 0.1) is 16.6 Å². The number of hydrogen-bond donors (Lipinski definition) is 1. The SMILES string of the molecule is CCCCn1c(=O)c(C(=O)NCCCN2CCCC2=O)c([O-])c2ncc(Cc3ccc(F)cc3)cc21.[Na+]. The third kappa shape index (κ3) is 6.77. The van der Waals surface area contributed by atoms with E-state index in [2.05, 4.69) is 10.3 Å². The van der Waals surface area contributed by atoms with Gasteiger partial charge in [0.15, 0.2) is 0 Å².